The fourth-order valence-corrected chi connectivity index (χ4v) is 2.91. The molecule has 0 amide bonds. The van der Waals surface area contributed by atoms with E-state index in [0.29, 0.717) is 12.8 Å². The number of nitrogen functional groups attached to an aromatic ring is 1. The van der Waals surface area contributed by atoms with E-state index in [9.17, 15) is 15.0 Å². The molecule has 1 aliphatic carbocycles. The van der Waals surface area contributed by atoms with Crippen LogP contribution in [0.3, 0.4) is 0 Å². The third kappa shape index (κ3) is 2.11. The Morgan fingerprint density at radius 3 is 2.84 bits per heavy atom. The van der Waals surface area contributed by atoms with Crippen molar-refractivity contribution in [1.29, 1.82) is 0 Å². The van der Waals surface area contributed by atoms with Crippen LogP contribution in [0.1, 0.15) is 19.1 Å². The molecule has 8 nitrogen and oxygen atoms in total. The van der Waals surface area contributed by atoms with Crippen LogP contribution in [0.15, 0.2) is 11.1 Å². The molecular formula is C11H16N4O4. The average Bonchev–Trinajstić information content (AvgIpc) is 2.48. The summed E-state index contributed by atoms with van der Waals surface area (Å²) >= 11 is 0. The lowest BCUT2D eigenvalue weighted by Crippen LogP contribution is -2.47. The summed E-state index contributed by atoms with van der Waals surface area (Å²) in [4.78, 5) is 19.2. The summed E-state index contributed by atoms with van der Waals surface area (Å²) in [5.41, 5.74) is 4.82. The number of hydrogen-bond acceptors (Lipinski definition) is 7. The highest BCUT2D eigenvalue weighted by Crippen LogP contribution is 2.46. The van der Waals surface area contributed by atoms with E-state index in [1.807, 2.05) is 0 Å². The van der Waals surface area contributed by atoms with Crippen molar-refractivity contribution in [3.8, 4) is 0 Å². The maximum Gasteiger partial charge on any atom is 0.354 e. The Morgan fingerprint density at radius 2 is 2.16 bits per heavy atom. The van der Waals surface area contributed by atoms with Crippen molar-refractivity contribution in [3.05, 3.63) is 16.8 Å². The molecule has 1 saturated heterocycles. The maximum absolute atomic E-state index is 11.8. The van der Waals surface area contributed by atoms with Crippen LogP contribution in [-0.4, -0.2) is 43.6 Å². The first-order chi connectivity index (χ1) is 9.06. The van der Waals surface area contributed by atoms with Crippen LogP contribution >= 0.6 is 0 Å². The summed E-state index contributed by atoms with van der Waals surface area (Å²) < 4.78 is 6.86. The molecule has 0 bridgehead atoms. The van der Waals surface area contributed by atoms with Gasteiger partial charge in [-0.05, 0) is 18.8 Å². The van der Waals surface area contributed by atoms with Gasteiger partial charge in [-0.25, -0.2) is 9.78 Å². The lowest BCUT2D eigenvalue weighted by Gasteiger charge is -2.44. The van der Waals surface area contributed by atoms with Gasteiger partial charge in [-0.3, -0.25) is 4.57 Å². The van der Waals surface area contributed by atoms with Crippen LogP contribution in [0.4, 0.5) is 5.95 Å². The highest BCUT2D eigenvalue weighted by molar-refractivity contribution is 5.10. The Morgan fingerprint density at radius 1 is 1.37 bits per heavy atom. The molecule has 2 fully saturated rings. The molecule has 8 heteroatoms. The topological polar surface area (TPSA) is 123 Å². The lowest BCUT2D eigenvalue weighted by molar-refractivity contribution is -0.125. The smallest absolute Gasteiger partial charge is 0.354 e. The van der Waals surface area contributed by atoms with Crippen molar-refractivity contribution in [2.75, 3.05) is 12.3 Å². The van der Waals surface area contributed by atoms with Gasteiger partial charge >= 0.3 is 5.69 Å². The Balaban J connectivity index is 1.92. The van der Waals surface area contributed by atoms with E-state index in [2.05, 4.69) is 9.97 Å². The van der Waals surface area contributed by atoms with Gasteiger partial charge in [-0.15, -0.1) is 0 Å². The lowest BCUT2D eigenvalue weighted by atomic mass is 9.68. The standard InChI is InChI=1S/C11H16N4O4/c12-10-13-4-15(11(18)14-10)9-7-2-8(17)6(7)1-5(16)3-19-9/h4-9,16-17H,1-3H2,(H2,12,14,18)/t5?,6?,7?,8?,9-/m1/s1. The number of fused-ring (bicyclic) bond motifs is 1. The molecule has 104 valence electrons. The van der Waals surface area contributed by atoms with Crippen molar-refractivity contribution in [2.24, 2.45) is 11.8 Å². The maximum atomic E-state index is 11.8. The molecule has 4 unspecified atom stereocenters. The fraction of sp³-hybridized carbons (Fsp3) is 0.727. The van der Waals surface area contributed by atoms with Crippen molar-refractivity contribution in [3.63, 3.8) is 0 Å². The van der Waals surface area contributed by atoms with E-state index in [-0.39, 0.29) is 24.4 Å². The second kappa shape index (κ2) is 4.55. The number of anilines is 1. The van der Waals surface area contributed by atoms with Gasteiger partial charge in [-0.1, -0.05) is 0 Å². The van der Waals surface area contributed by atoms with Gasteiger partial charge in [0.15, 0.2) is 0 Å². The van der Waals surface area contributed by atoms with Gasteiger partial charge in [0.1, 0.15) is 12.6 Å². The van der Waals surface area contributed by atoms with E-state index in [4.69, 9.17) is 10.5 Å². The minimum atomic E-state index is -0.627. The van der Waals surface area contributed by atoms with Gasteiger partial charge in [0.05, 0.1) is 18.8 Å². The first-order valence-electron chi connectivity index (χ1n) is 6.24. The molecule has 1 aliphatic heterocycles. The molecular weight excluding hydrogens is 252 g/mol. The molecule has 1 saturated carbocycles. The Labute approximate surface area is 108 Å². The van der Waals surface area contributed by atoms with Crippen molar-refractivity contribution in [1.82, 2.24) is 14.5 Å². The van der Waals surface area contributed by atoms with E-state index >= 15 is 0 Å². The molecule has 3 rings (SSSR count). The minimum absolute atomic E-state index is 0.0166. The summed E-state index contributed by atoms with van der Waals surface area (Å²) in [6.07, 6.45) is 0.686. The van der Waals surface area contributed by atoms with Crippen LogP contribution in [-0.2, 0) is 4.74 Å². The molecule has 1 aromatic rings. The number of aliphatic hydroxyl groups is 2. The number of hydrogen-bond donors (Lipinski definition) is 3. The highest BCUT2D eigenvalue weighted by Gasteiger charge is 2.48. The van der Waals surface area contributed by atoms with Crippen molar-refractivity contribution < 1.29 is 14.9 Å². The Hall–Kier alpha value is -1.51. The number of ether oxygens (including phenoxy) is 1. The van der Waals surface area contributed by atoms with Crippen LogP contribution < -0.4 is 11.4 Å². The first-order valence-corrected chi connectivity index (χ1v) is 6.24. The zero-order valence-electron chi connectivity index (χ0n) is 10.2. The normalized spacial score (nSPS) is 38.1. The molecule has 0 spiro atoms. The fourth-order valence-electron chi connectivity index (χ4n) is 2.91. The highest BCUT2D eigenvalue weighted by atomic mass is 16.5. The zero-order chi connectivity index (χ0) is 13.6. The quantitative estimate of drug-likeness (QED) is 0.566. The Kier molecular flexibility index (Phi) is 3.00. The monoisotopic (exact) mass is 268 g/mol. The van der Waals surface area contributed by atoms with Gasteiger partial charge in [0.2, 0.25) is 5.95 Å². The molecule has 5 atom stereocenters. The van der Waals surface area contributed by atoms with Gasteiger partial charge in [0.25, 0.3) is 0 Å². The third-order valence-electron chi connectivity index (χ3n) is 3.95. The van der Waals surface area contributed by atoms with E-state index in [1.54, 1.807) is 0 Å². The molecule has 2 heterocycles. The molecule has 0 radical (unpaired) electrons. The minimum Gasteiger partial charge on any atom is -0.393 e. The second-order valence-corrected chi connectivity index (χ2v) is 5.15. The van der Waals surface area contributed by atoms with Crippen LogP contribution in [0.2, 0.25) is 0 Å². The van der Waals surface area contributed by atoms with Crippen LogP contribution in [0, 0.1) is 11.8 Å². The summed E-state index contributed by atoms with van der Waals surface area (Å²) in [5, 5.41) is 19.5. The molecule has 4 N–H and O–H groups in total. The summed E-state index contributed by atoms with van der Waals surface area (Å²) in [7, 11) is 0. The molecule has 19 heavy (non-hydrogen) atoms. The van der Waals surface area contributed by atoms with Crippen LogP contribution in [0.25, 0.3) is 0 Å². The summed E-state index contributed by atoms with van der Waals surface area (Å²) in [5.74, 6) is -0.163. The molecule has 1 aromatic heterocycles. The van der Waals surface area contributed by atoms with E-state index < -0.39 is 24.1 Å². The van der Waals surface area contributed by atoms with E-state index in [0.717, 1.165) is 0 Å². The second-order valence-electron chi connectivity index (χ2n) is 5.15. The zero-order valence-corrected chi connectivity index (χ0v) is 10.2. The first kappa shape index (κ1) is 12.5. The molecule has 2 aliphatic rings. The van der Waals surface area contributed by atoms with Gasteiger partial charge < -0.3 is 20.7 Å². The predicted octanol–water partition coefficient (Wildman–Crippen LogP) is -1.50. The number of aliphatic hydroxyl groups excluding tert-OH is 2. The summed E-state index contributed by atoms with van der Waals surface area (Å²) in [6.45, 7) is 0.126. The van der Waals surface area contributed by atoms with Crippen molar-refractivity contribution in [2.45, 2.75) is 31.3 Å². The van der Waals surface area contributed by atoms with Gasteiger partial charge in [0, 0.05) is 5.92 Å². The average molecular weight is 268 g/mol. The number of rotatable bonds is 1. The van der Waals surface area contributed by atoms with Crippen LogP contribution in [0.5, 0.6) is 0 Å². The summed E-state index contributed by atoms with van der Waals surface area (Å²) in [6, 6.07) is 0. The predicted molar refractivity (Wildman–Crippen MR) is 63.9 cm³/mol. The SMILES string of the molecule is Nc1ncn([C@@H]2OCC(O)CC3C(O)CC32)c(=O)n1. The number of aromatic nitrogens is 3. The Bertz CT molecular complexity index is 534. The molecule has 0 aromatic carbocycles. The third-order valence-corrected chi connectivity index (χ3v) is 3.95. The van der Waals surface area contributed by atoms with E-state index in [1.165, 1.54) is 10.9 Å². The largest absolute Gasteiger partial charge is 0.393 e. The number of nitrogens with two attached hydrogens (primary N) is 1. The number of nitrogens with zero attached hydrogens (tertiary/aromatic N) is 3. The van der Waals surface area contributed by atoms with Gasteiger partial charge in [-0.2, -0.15) is 4.98 Å². The van der Waals surface area contributed by atoms with Crippen molar-refractivity contribution >= 4 is 5.95 Å².